The molecule has 0 spiro atoms. The van der Waals surface area contributed by atoms with Gasteiger partial charge in [0.1, 0.15) is 5.82 Å². The molecule has 1 amide bonds. The van der Waals surface area contributed by atoms with E-state index < -0.39 is 0 Å². The Morgan fingerprint density at radius 1 is 0.951 bits per heavy atom. The van der Waals surface area contributed by atoms with Gasteiger partial charge in [0.15, 0.2) is 0 Å². The molecule has 0 N–H and O–H groups in total. The molecule has 0 aliphatic carbocycles. The molecule has 6 nitrogen and oxygen atoms in total. The molecule has 4 aromatic rings. The van der Waals surface area contributed by atoms with Gasteiger partial charge in [0, 0.05) is 36.5 Å². The van der Waals surface area contributed by atoms with Gasteiger partial charge in [0.25, 0.3) is 5.91 Å². The topological polar surface area (TPSA) is 65.2 Å². The van der Waals surface area contributed by atoms with Crippen LogP contribution in [-0.4, -0.2) is 51.7 Å². The quantitative estimate of drug-likeness (QED) is 0.265. The van der Waals surface area contributed by atoms with Crippen LogP contribution >= 0.6 is 11.6 Å². The van der Waals surface area contributed by atoms with Crippen molar-refractivity contribution < 1.29 is 9.18 Å². The highest BCUT2D eigenvalue weighted by atomic mass is 35.5. The molecule has 2 aliphatic heterocycles. The molecule has 1 aromatic heterocycles. The number of hydrogen-bond acceptors (Lipinski definition) is 4. The van der Waals surface area contributed by atoms with E-state index in [2.05, 4.69) is 11.0 Å². The van der Waals surface area contributed by atoms with Gasteiger partial charge in [0.05, 0.1) is 34.8 Å². The van der Waals surface area contributed by atoms with Crippen molar-refractivity contribution in [3.63, 3.8) is 0 Å². The molecule has 0 saturated carbocycles. The van der Waals surface area contributed by atoms with Gasteiger partial charge in [-0.25, -0.2) is 9.07 Å². The molecule has 0 bridgehead atoms. The lowest BCUT2D eigenvalue weighted by atomic mass is 9.90. The SMILES string of the molecule is N#Cc1ccc(CN2CCC(c3c(C(=O)N4CC[C@H](c5ccccc5F)C4)cnn3-c3ccc(Cl)cc3)CC2)cc1. The monoisotopic (exact) mass is 567 g/mol. The Morgan fingerprint density at radius 3 is 2.37 bits per heavy atom. The molecule has 41 heavy (non-hydrogen) atoms. The molecule has 2 fully saturated rings. The Hall–Kier alpha value is -3.99. The first-order valence-electron chi connectivity index (χ1n) is 14.1. The summed E-state index contributed by atoms with van der Waals surface area (Å²) in [6.45, 7) is 3.69. The average Bonchev–Trinajstić information content (AvgIpc) is 3.67. The summed E-state index contributed by atoms with van der Waals surface area (Å²) in [5, 5.41) is 14.4. The Balaban J connectivity index is 1.23. The molecule has 0 radical (unpaired) electrons. The predicted molar refractivity (Wildman–Crippen MR) is 157 cm³/mol. The number of benzene rings is 3. The number of carbonyl (C=O) groups is 1. The maximum absolute atomic E-state index is 14.5. The van der Waals surface area contributed by atoms with Crippen molar-refractivity contribution in [2.75, 3.05) is 26.2 Å². The van der Waals surface area contributed by atoms with E-state index >= 15 is 0 Å². The van der Waals surface area contributed by atoms with Gasteiger partial charge in [-0.3, -0.25) is 9.69 Å². The van der Waals surface area contributed by atoms with Gasteiger partial charge in [-0.2, -0.15) is 10.4 Å². The van der Waals surface area contributed by atoms with Crippen molar-refractivity contribution in [2.24, 2.45) is 0 Å². The fourth-order valence-corrected chi connectivity index (χ4v) is 6.31. The van der Waals surface area contributed by atoms with Crippen molar-refractivity contribution >= 4 is 17.5 Å². The fourth-order valence-electron chi connectivity index (χ4n) is 6.19. The molecule has 208 valence electrons. The Kier molecular flexibility index (Phi) is 7.86. The minimum atomic E-state index is -0.212. The smallest absolute Gasteiger partial charge is 0.257 e. The Morgan fingerprint density at radius 2 is 1.66 bits per heavy atom. The average molecular weight is 568 g/mol. The van der Waals surface area contributed by atoms with E-state index in [0.29, 0.717) is 34.8 Å². The van der Waals surface area contributed by atoms with Gasteiger partial charge >= 0.3 is 0 Å². The molecule has 3 heterocycles. The van der Waals surface area contributed by atoms with Gasteiger partial charge in [-0.1, -0.05) is 41.9 Å². The molecule has 2 saturated heterocycles. The lowest BCUT2D eigenvalue weighted by Gasteiger charge is -2.33. The van der Waals surface area contributed by atoms with Crippen molar-refractivity contribution in [1.82, 2.24) is 19.6 Å². The summed E-state index contributed by atoms with van der Waals surface area (Å²) >= 11 is 6.17. The summed E-state index contributed by atoms with van der Waals surface area (Å²) in [5.74, 6) is -0.107. The van der Waals surface area contributed by atoms with Gasteiger partial charge in [-0.15, -0.1) is 0 Å². The first-order chi connectivity index (χ1) is 20.0. The van der Waals surface area contributed by atoms with Crippen molar-refractivity contribution in [3.05, 3.63) is 118 Å². The zero-order chi connectivity index (χ0) is 28.3. The lowest BCUT2D eigenvalue weighted by Crippen LogP contribution is -2.34. The lowest BCUT2D eigenvalue weighted by molar-refractivity contribution is 0.0788. The van der Waals surface area contributed by atoms with Crippen LogP contribution in [0.3, 0.4) is 0 Å². The summed E-state index contributed by atoms with van der Waals surface area (Å²) in [5.41, 5.74) is 4.95. The zero-order valence-corrected chi connectivity index (χ0v) is 23.5. The van der Waals surface area contributed by atoms with E-state index in [1.165, 1.54) is 11.6 Å². The number of halogens is 2. The zero-order valence-electron chi connectivity index (χ0n) is 22.7. The number of aromatic nitrogens is 2. The second-order valence-corrected chi connectivity index (χ2v) is 11.4. The second-order valence-electron chi connectivity index (χ2n) is 10.9. The number of nitrogens with zero attached hydrogens (tertiary/aromatic N) is 5. The maximum atomic E-state index is 14.5. The highest BCUT2D eigenvalue weighted by Crippen LogP contribution is 2.35. The van der Waals surface area contributed by atoms with Crippen molar-refractivity contribution in [1.29, 1.82) is 5.26 Å². The number of rotatable bonds is 6. The van der Waals surface area contributed by atoms with Gasteiger partial charge in [-0.05, 0) is 85.9 Å². The molecule has 6 rings (SSSR count). The van der Waals surface area contributed by atoms with Crippen molar-refractivity contribution in [2.45, 2.75) is 37.6 Å². The summed E-state index contributed by atoms with van der Waals surface area (Å²) < 4.78 is 16.4. The van der Waals surface area contributed by atoms with Gasteiger partial charge < -0.3 is 4.90 Å². The highest BCUT2D eigenvalue weighted by Gasteiger charge is 2.34. The van der Waals surface area contributed by atoms with E-state index in [0.717, 1.165) is 50.3 Å². The number of hydrogen-bond donors (Lipinski definition) is 0. The number of nitriles is 1. The number of carbonyl (C=O) groups excluding carboxylic acids is 1. The normalized spacial score (nSPS) is 18.0. The maximum Gasteiger partial charge on any atom is 0.257 e. The number of amides is 1. The van der Waals surface area contributed by atoms with Crippen LogP contribution in [0.2, 0.25) is 5.02 Å². The van der Waals surface area contributed by atoms with Gasteiger partial charge in [0.2, 0.25) is 0 Å². The minimum Gasteiger partial charge on any atom is -0.338 e. The van der Waals surface area contributed by atoms with Crippen LogP contribution in [0.1, 0.15) is 63.8 Å². The molecule has 2 aliphatic rings. The van der Waals surface area contributed by atoms with E-state index in [-0.39, 0.29) is 23.6 Å². The molecule has 1 atom stereocenters. The van der Waals surface area contributed by atoms with E-state index in [9.17, 15) is 9.18 Å². The summed E-state index contributed by atoms with van der Waals surface area (Å²) in [7, 11) is 0. The van der Waals surface area contributed by atoms with Crippen LogP contribution < -0.4 is 0 Å². The second kappa shape index (κ2) is 11.9. The van der Waals surface area contributed by atoms with Crippen LogP contribution in [0.5, 0.6) is 0 Å². The van der Waals surface area contributed by atoms with Crippen LogP contribution in [-0.2, 0) is 6.54 Å². The molecule has 3 aromatic carbocycles. The summed E-state index contributed by atoms with van der Waals surface area (Å²) in [6.07, 6.45) is 4.23. The van der Waals surface area contributed by atoms with E-state index in [1.807, 2.05) is 70.2 Å². The first kappa shape index (κ1) is 27.2. The third-order valence-corrected chi connectivity index (χ3v) is 8.64. The third kappa shape index (κ3) is 5.76. The standard InChI is InChI=1S/C33H31ClFN5O/c34-27-9-11-28(12-10-27)40-32(25-13-16-38(17-14-25)21-24-7-5-23(19-36)6-8-24)30(20-37-40)33(41)39-18-15-26(22-39)29-3-1-2-4-31(29)35/h1-12,20,25-26H,13-18,21-22H2/t26-/m0/s1. The fraction of sp³-hybridized carbons (Fsp3) is 0.303. The van der Waals surface area contributed by atoms with Crippen LogP contribution in [0, 0.1) is 17.1 Å². The molecular formula is C33H31ClFN5O. The minimum absolute atomic E-state index is 0.0135. The van der Waals surface area contributed by atoms with Crippen LogP contribution in [0.25, 0.3) is 5.69 Å². The highest BCUT2D eigenvalue weighted by molar-refractivity contribution is 6.30. The largest absolute Gasteiger partial charge is 0.338 e. The molecular weight excluding hydrogens is 537 g/mol. The van der Waals surface area contributed by atoms with E-state index in [1.54, 1.807) is 12.3 Å². The first-order valence-corrected chi connectivity index (χ1v) is 14.5. The van der Waals surface area contributed by atoms with Crippen LogP contribution in [0.15, 0.2) is 79.0 Å². The number of piperidine rings is 1. The Labute approximate surface area is 244 Å². The van der Waals surface area contributed by atoms with Crippen molar-refractivity contribution in [3.8, 4) is 11.8 Å². The third-order valence-electron chi connectivity index (χ3n) is 8.39. The Bertz CT molecular complexity index is 1570. The predicted octanol–water partition coefficient (Wildman–Crippen LogP) is 6.55. The van der Waals surface area contributed by atoms with E-state index in [4.69, 9.17) is 22.0 Å². The summed E-state index contributed by atoms with van der Waals surface area (Å²) in [4.78, 5) is 18.2. The summed E-state index contributed by atoms with van der Waals surface area (Å²) in [6, 6.07) is 24.3. The van der Waals surface area contributed by atoms with Crippen LogP contribution in [0.4, 0.5) is 4.39 Å². The molecule has 0 unspecified atom stereocenters. The number of likely N-dealkylation sites (tertiary alicyclic amines) is 2. The molecule has 8 heteroatoms.